The molecule has 0 saturated carbocycles. The molecule has 1 saturated heterocycles. The molecule has 0 spiro atoms. The standard InChI is InChI=1S/C11H19N3O2S2/c1-12-6-10-5-11(7-13-10)18(15,16)14-9-3-2-4-17-8-9/h5,7,9,12-14H,2-4,6,8H2,1H3. The summed E-state index contributed by atoms with van der Waals surface area (Å²) in [4.78, 5) is 3.29. The Bertz CT molecular complexity index is 478. The van der Waals surface area contributed by atoms with Crippen LogP contribution in [0.2, 0.25) is 0 Å². The van der Waals surface area contributed by atoms with Gasteiger partial charge in [-0.15, -0.1) is 0 Å². The Morgan fingerprint density at radius 1 is 1.56 bits per heavy atom. The Morgan fingerprint density at radius 2 is 2.39 bits per heavy atom. The lowest BCUT2D eigenvalue weighted by atomic mass is 10.2. The lowest BCUT2D eigenvalue weighted by Gasteiger charge is -2.21. The largest absolute Gasteiger partial charge is 0.363 e. The molecular weight excluding hydrogens is 270 g/mol. The highest BCUT2D eigenvalue weighted by atomic mass is 32.2. The minimum absolute atomic E-state index is 0.0661. The first-order chi connectivity index (χ1) is 8.62. The molecule has 1 atom stereocenters. The van der Waals surface area contributed by atoms with Gasteiger partial charge in [-0.3, -0.25) is 0 Å². The fourth-order valence-corrected chi connectivity index (χ4v) is 4.45. The fourth-order valence-electron chi connectivity index (χ4n) is 1.99. The predicted molar refractivity (Wildman–Crippen MR) is 74.2 cm³/mol. The van der Waals surface area contributed by atoms with Crippen LogP contribution in [-0.2, 0) is 16.6 Å². The number of hydrogen-bond acceptors (Lipinski definition) is 4. The maximum atomic E-state index is 12.2. The average Bonchev–Trinajstić information content (AvgIpc) is 2.80. The zero-order chi connectivity index (χ0) is 13.0. The number of hydrogen-bond donors (Lipinski definition) is 3. The van der Waals surface area contributed by atoms with Gasteiger partial charge in [0.1, 0.15) is 0 Å². The van der Waals surface area contributed by atoms with Crippen LogP contribution in [0.15, 0.2) is 17.2 Å². The number of aromatic amines is 1. The molecule has 5 nitrogen and oxygen atoms in total. The quantitative estimate of drug-likeness (QED) is 0.753. The van der Waals surface area contributed by atoms with E-state index < -0.39 is 10.0 Å². The number of sulfonamides is 1. The van der Waals surface area contributed by atoms with Gasteiger partial charge in [0, 0.05) is 30.2 Å². The van der Waals surface area contributed by atoms with Crippen molar-refractivity contribution in [2.24, 2.45) is 0 Å². The minimum Gasteiger partial charge on any atom is -0.363 e. The Morgan fingerprint density at radius 3 is 3.06 bits per heavy atom. The van der Waals surface area contributed by atoms with Gasteiger partial charge in [0.15, 0.2) is 0 Å². The molecule has 1 fully saturated rings. The van der Waals surface area contributed by atoms with Crippen molar-refractivity contribution >= 4 is 21.8 Å². The number of aromatic nitrogens is 1. The van der Waals surface area contributed by atoms with Crippen molar-refractivity contribution in [3.63, 3.8) is 0 Å². The second-order valence-corrected chi connectivity index (χ2v) is 7.29. The van der Waals surface area contributed by atoms with Crippen molar-refractivity contribution in [1.82, 2.24) is 15.0 Å². The number of thioether (sulfide) groups is 1. The van der Waals surface area contributed by atoms with Crippen molar-refractivity contribution in [2.45, 2.75) is 30.3 Å². The molecule has 0 bridgehead atoms. The van der Waals surface area contributed by atoms with Crippen LogP contribution in [0.4, 0.5) is 0 Å². The zero-order valence-corrected chi connectivity index (χ0v) is 12.0. The molecular formula is C11H19N3O2S2. The average molecular weight is 289 g/mol. The van der Waals surface area contributed by atoms with Gasteiger partial charge >= 0.3 is 0 Å². The molecule has 7 heteroatoms. The van der Waals surface area contributed by atoms with Gasteiger partial charge < -0.3 is 10.3 Å². The maximum absolute atomic E-state index is 12.2. The highest BCUT2D eigenvalue weighted by molar-refractivity contribution is 7.99. The van der Waals surface area contributed by atoms with E-state index in [0.717, 1.165) is 30.0 Å². The molecule has 102 valence electrons. The number of nitrogens with one attached hydrogen (secondary N) is 3. The molecule has 2 rings (SSSR count). The fraction of sp³-hybridized carbons (Fsp3) is 0.636. The second kappa shape index (κ2) is 6.10. The van der Waals surface area contributed by atoms with Crippen LogP contribution < -0.4 is 10.0 Å². The zero-order valence-electron chi connectivity index (χ0n) is 10.4. The predicted octanol–water partition coefficient (Wildman–Crippen LogP) is 0.908. The monoisotopic (exact) mass is 289 g/mol. The van der Waals surface area contributed by atoms with Gasteiger partial charge in [0.25, 0.3) is 0 Å². The summed E-state index contributed by atoms with van der Waals surface area (Å²) in [5, 5.41) is 2.98. The third kappa shape index (κ3) is 3.50. The molecule has 1 aliphatic heterocycles. The summed E-state index contributed by atoms with van der Waals surface area (Å²) in [5.41, 5.74) is 0.871. The summed E-state index contributed by atoms with van der Waals surface area (Å²) < 4.78 is 27.1. The van der Waals surface area contributed by atoms with E-state index in [1.54, 1.807) is 12.3 Å². The van der Waals surface area contributed by atoms with E-state index in [9.17, 15) is 8.42 Å². The van der Waals surface area contributed by atoms with E-state index in [1.807, 2.05) is 18.8 Å². The van der Waals surface area contributed by atoms with Gasteiger partial charge in [-0.05, 0) is 31.7 Å². The maximum Gasteiger partial charge on any atom is 0.242 e. The van der Waals surface area contributed by atoms with Gasteiger partial charge in [-0.2, -0.15) is 11.8 Å². The molecule has 1 aromatic rings. The Balaban J connectivity index is 2.04. The van der Waals surface area contributed by atoms with Crippen molar-refractivity contribution in [1.29, 1.82) is 0 Å². The van der Waals surface area contributed by atoms with Crippen LogP contribution >= 0.6 is 11.8 Å². The summed E-state index contributed by atoms with van der Waals surface area (Å²) in [6.07, 6.45) is 3.56. The summed E-state index contributed by atoms with van der Waals surface area (Å²) >= 11 is 1.81. The van der Waals surface area contributed by atoms with Crippen LogP contribution in [-0.4, -0.2) is 38.0 Å². The van der Waals surface area contributed by atoms with E-state index in [1.165, 1.54) is 0 Å². The van der Waals surface area contributed by atoms with E-state index in [4.69, 9.17) is 0 Å². The number of rotatable bonds is 5. The first kappa shape index (κ1) is 13.9. The van der Waals surface area contributed by atoms with Crippen LogP contribution in [0.5, 0.6) is 0 Å². The van der Waals surface area contributed by atoms with E-state index in [0.29, 0.717) is 11.4 Å². The molecule has 3 N–H and O–H groups in total. The van der Waals surface area contributed by atoms with Gasteiger partial charge in [0.05, 0.1) is 4.90 Å². The SMILES string of the molecule is CNCc1cc(S(=O)(=O)NC2CCCSC2)c[nH]1. The second-order valence-electron chi connectivity index (χ2n) is 4.43. The Hall–Kier alpha value is -0.500. The summed E-state index contributed by atoms with van der Waals surface area (Å²) in [6.45, 7) is 0.634. The van der Waals surface area contributed by atoms with Crippen LogP contribution in [0.3, 0.4) is 0 Å². The third-order valence-electron chi connectivity index (χ3n) is 2.88. The molecule has 1 unspecified atom stereocenters. The molecule has 0 aromatic carbocycles. The lowest BCUT2D eigenvalue weighted by molar-refractivity contribution is 0.543. The Labute approximate surface area is 112 Å². The molecule has 18 heavy (non-hydrogen) atoms. The third-order valence-corrected chi connectivity index (χ3v) is 5.59. The topological polar surface area (TPSA) is 74.0 Å². The van der Waals surface area contributed by atoms with E-state index >= 15 is 0 Å². The van der Waals surface area contributed by atoms with E-state index in [2.05, 4.69) is 15.0 Å². The molecule has 2 heterocycles. The van der Waals surface area contributed by atoms with Gasteiger partial charge in [0.2, 0.25) is 10.0 Å². The molecule has 0 aliphatic carbocycles. The van der Waals surface area contributed by atoms with Crippen molar-refractivity contribution < 1.29 is 8.42 Å². The molecule has 1 aromatic heterocycles. The van der Waals surface area contributed by atoms with Crippen molar-refractivity contribution in [3.8, 4) is 0 Å². The smallest absolute Gasteiger partial charge is 0.242 e. The number of H-pyrrole nitrogens is 1. The van der Waals surface area contributed by atoms with Crippen LogP contribution in [0, 0.1) is 0 Å². The van der Waals surface area contributed by atoms with Crippen LogP contribution in [0.25, 0.3) is 0 Å². The highest BCUT2D eigenvalue weighted by Gasteiger charge is 2.22. The summed E-state index contributed by atoms with van der Waals surface area (Å²) in [5.74, 6) is 2.00. The van der Waals surface area contributed by atoms with E-state index in [-0.39, 0.29) is 6.04 Å². The van der Waals surface area contributed by atoms with Gasteiger partial charge in [-0.1, -0.05) is 0 Å². The van der Waals surface area contributed by atoms with Crippen molar-refractivity contribution in [2.75, 3.05) is 18.6 Å². The molecule has 0 amide bonds. The highest BCUT2D eigenvalue weighted by Crippen LogP contribution is 2.19. The first-order valence-electron chi connectivity index (χ1n) is 6.04. The summed E-state index contributed by atoms with van der Waals surface area (Å²) in [6, 6.07) is 1.74. The summed E-state index contributed by atoms with van der Waals surface area (Å²) in [7, 11) is -1.55. The molecule has 0 radical (unpaired) electrons. The van der Waals surface area contributed by atoms with Gasteiger partial charge in [-0.25, -0.2) is 13.1 Å². The molecule has 1 aliphatic rings. The minimum atomic E-state index is -3.38. The Kier molecular flexibility index (Phi) is 4.71. The van der Waals surface area contributed by atoms with Crippen LogP contribution in [0.1, 0.15) is 18.5 Å². The lowest BCUT2D eigenvalue weighted by Crippen LogP contribution is -2.38. The van der Waals surface area contributed by atoms with Crippen molar-refractivity contribution in [3.05, 3.63) is 18.0 Å². The normalized spacial score (nSPS) is 21.1. The first-order valence-corrected chi connectivity index (χ1v) is 8.67.